The normalized spacial score (nSPS) is 16.9. The summed E-state index contributed by atoms with van der Waals surface area (Å²) in [7, 11) is 0. The molecule has 1 aliphatic rings. The molecule has 0 aromatic heterocycles. The highest BCUT2D eigenvalue weighted by Crippen LogP contribution is 2.24. The highest BCUT2D eigenvalue weighted by Gasteiger charge is 2.23. The van der Waals surface area contributed by atoms with E-state index in [9.17, 15) is 9.59 Å². The van der Waals surface area contributed by atoms with Gasteiger partial charge in [0, 0.05) is 39.6 Å². The Labute approximate surface area is 129 Å². The van der Waals surface area contributed by atoms with Crippen LogP contribution in [0.15, 0.2) is 0 Å². The Kier molecular flexibility index (Phi) is 6.49. The quantitative estimate of drug-likeness (QED) is 0.866. The first-order chi connectivity index (χ1) is 9.71. The first kappa shape index (κ1) is 17.8. The van der Waals surface area contributed by atoms with Gasteiger partial charge in [-0.05, 0) is 24.2 Å². The van der Waals surface area contributed by atoms with E-state index in [1.807, 2.05) is 9.80 Å². The van der Waals surface area contributed by atoms with Crippen LogP contribution in [-0.2, 0) is 4.79 Å². The maximum Gasteiger partial charge on any atom is 0.317 e. The molecule has 5 heteroatoms. The SMILES string of the molecule is CC(=O)N1CCCN(C(=O)NCC(C)(C)CC(C)C)CC1. The summed E-state index contributed by atoms with van der Waals surface area (Å²) in [5.41, 5.74) is 0.112. The fourth-order valence-corrected chi connectivity index (χ4v) is 3.04. The van der Waals surface area contributed by atoms with Gasteiger partial charge in [0.25, 0.3) is 0 Å². The smallest absolute Gasteiger partial charge is 0.317 e. The third-order valence-corrected chi connectivity index (χ3v) is 3.91. The molecule has 5 nitrogen and oxygen atoms in total. The Balaban J connectivity index is 2.43. The van der Waals surface area contributed by atoms with Crippen molar-refractivity contribution in [2.75, 3.05) is 32.7 Å². The van der Waals surface area contributed by atoms with E-state index in [2.05, 4.69) is 33.0 Å². The van der Waals surface area contributed by atoms with Gasteiger partial charge in [0.15, 0.2) is 0 Å². The molecular weight excluding hydrogens is 266 g/mol. The molecular formula is C16H31N3O2. The fourth-order valence-electron chi connectivity index (χ4n) is 3.04. The second kappa shape index (κ2) is 7.66. The van der Waals surface area contributed by atoms with Gasteiger partial charge in [0.2, 0.25) is 5.91 Å². The van der Waals surface area contributed by atoms with Crippen LogP contribution in [0.5, 0.6) is 0 Å². The lowest BCUT2D eigenvalue weighted by atomic mass is 9.84. The number of urea groups is 1. The standard InChI is InChI=1S/C16H31N3O2/c1-13(2)11-16(4,5)12-17-15(21)19-8-6-7-18(9-10-19)14(3)20/h13H,6-12H2,1-5H3,(H,17,21). The fraction of sp³-hybridized carbons (Fsp3) is 0.875. The van der Waals surface area contributed by atoms with Crippen molar-refractivity contribution in [1.82, 2.24) is 15.1 Å². The lowest BCUT2D eigenvalue weighted by molar-refractivity contribution is -0.128. The van der Waals surface area contributed by atoms with E-state index in [0.29, 0.717) is 25.6 Å². The zero-order chi connectivity index (χ0) is 16.0. The molecule has 0 aromatic carbocycles. The van der Waals surface area contributed by atoms with Gasteiger partial charge in [-0.2, -0.15) is 0 Å². The predicted molar refractivity (Wildman–Crippen MR) is 85.1 cm³/mol. The molecule has 0 bridgehead atoms. The number of rotatable bonds is 4. The minimum Gasteiger partial charge on any atom is -0.341 e. The molecule has 1 fully saturated rings. The van der Waals surface area contributed by atoms with Gasteiger partial charge in [-0.3, -0.25) is 4.79 Å². The molecule has 0 radical (unpaired) electrons. The second-order valence-electron chi connectivity index (χ2n) is 7.27. The Morgan fingerprint density at radius 2 is 1.67 bits per heavy atom. The number of nitrogens with zero attached hydrogens (tertiary/aromatic N) is 2. The topological polar surface area (TPSA) is 52.7 Å². The second-order valence-corrected chi connectivity index (χ2v) is 7.27. The molecule has 0 saturated carbocycles. The van der Waals surface area contributed by atoms with E-state index in [-0.39, 0.29) is 17.4 Å². The van der Waals surface area contributed by atoms with Gasteiger partial charge in [-0.15, -0.1) is 0 Å². The van der Waals surface area contributed by atoms with Crippen LogP contribution in [0.4, 0.5) is 4.79 Å². The zero-order valence-corrected chi connectivity index (χ0v) is 14.2. The number of hydrogen-bond acceptors (Lipinski definition) is 2. The monoisotopic (exact) mass is 297 g/mol. The summed E-state index contributed by atoms with van der Waals surface area (Å²) in [6.45, 7) is 13.8. The van der Waals surface area contributed by atoms with Gasteiger partial charge in [-0.25, -0.2) is 4.79 Å². The van der Waals surface area contributed by atoms with Crippen molar-refractivity contribution in [3.05, 3.63) is 0 Å². The van der Waals surface area contributed by atoms with Crippen molar-refractivity contribution in [1.29, 1.82) is 0 Å². The number of carbonyl (C=O) groups is 2. The van der Waals surface area contributed by atoms with E-state index in [4.69, 9.17) is 0 Å². The molecule has 0 spiro atoms. The van der Waals surface area contributed by atoms with E-state index in [1.54, 1.807) is 6.92 Å². The van der Waals surface area contributed by atoms with Crippen molar-refractivity contribution < 1.29 is 9.59 Å². The van der Waals surface area contributed by atoms with Crippen molar-refractivity contribution in [2.24, 2.45) is 11.3 Å². The van der Waals surface area contributed by atoms with Crippen molar-refractivity contribution in [3.63, 3.8) is 0 Å². The van der Waals surface area contributed by atoms with Crippen LogP contribution in [0.1, 0.15) is 47.5 Å². The van der Waals surface area contributed by atoms with Gasteiger partial charge < -0.3 is 15.1 Å². The van der Waals surface area contributed by atoms with Crippen LogP contribution < -0.4 is 5.32 Å². The maximum absolute atomic E-state index is 12.3. The number of nitrogens with one attached hydrogen (secondary N) is 1. The molecule has 0 aliphatic carbocycles. The first-order valence-electron chi connectivity index (χ1n) is 7.99. The average molecular weight is 297 g/mol. The van der Waals surface area contributed by atoms with Crippen molar-refractivity contribution in [3.8, 4) is 0 Å². The molecule has 1 rings (SSSR count). The Morgan fingerprint density at radius 1 is 1.10 bits per heavy atom. The highest BCUT2D eigenvalue weighted by atomic mass is 16.2. The summed E-state index contributed by atoms with van der Waals surface area (Å²) in [6, 6.07) is -0.00256. The third kappa shape index (κ3) is 6.36. The van der Waals surface area contributed by atoms with E-state index in [1.165, 1.54) is 0 Å². The van der Waals surface area contributed by atoms with Gasteiger partial charge in [0.1, 0.15) is 0 Å². The Bertz CT molecular complexity index is 367. The van der Waals surface area contributed by atoms with Gasteiger partial charge >= 0.3 is 6.03 Å². The van der Waals surface area contributed by atoms with E-state index < -0.39 is 0 Å². The minimum atomic E-state index is -0.00256. The molecule has 1 aliphatic heterocycles. The molecule has 122 valence electrons. The molecule has 1 saturated heterocycles. The molecule has 1 N–H and O–H groups in total. The molecule has 0 unspecified atom stereocenters. The van der Waals surface area contributed by atoms with Crippen LogP contribution in [-0.4, -0.2) is 54.5 Å². The van der Waals surface area contributed by atoms with Crippen LogP contribution >= 0.6 is 0 Å². The molecule has 1 heterocycles. The summed E-state index contributed by atoms with van der Waals surface area (Å²) in [6.07, 6.45) is 1.94. The Morgan fingerprint density at radius 3 is 2.24 bits per heavy atom. The Hall–Kier alpha value is -1.26. The molecule has 3 amide bonds. The predicted octanol–water partition coefficient (Wildman–Crippen LogP) is 2.32. The number of carbonyl (C=O) groups excluding carboxylic acids is 2. The van der Waals surface area contributed by atoms with Crippen molar-refractivity contribution >= 4 is 11.9 Å². The number of amides is 3. The summed E-state index contributed by atoms with van der Waals surface area (Å²) in [4.78, 5) is 27.3. The van der Waals surface area contributed by atoms with Crippen LogP contribution in [0.25, 0.3) is 0 Å². The highest BCUT2D eigenvalue weighted by molar-refractivity contribution is 5.75. The van der Waals surface area contributed by atoms with Gasteiger partial charge in [0.05, 0.1) is 0 Å². The lowest BCUT2D eigenvalue weighted by Gasteiger charge is -2.29. The first-order valence-corrected chi connectivity index (χ1v) is 7.99. The summed E-state index contributed by atoms with van der Waals surface area (Å²) < 4.78 is 0. The third-order valence-electron chi connectivity index (χ3n) is 3.91. The number of hydrogen-bond donors (Lipinski definition) is 1. The maximum atomic E-state index is 12.3. The molecule has 21 heavy (non-hydrogen) atoms. The van der Waals surface area contributed by atoms with Crippen LogP contribution in [0.3, 0.4) is 0 Å². The average Bonchev–Trinajstić information content (AvgIpc) is 2.60. The molecule has 0 atom stereocenters. The largest absolute Gasteiger partial charge is 0.341 e. The molecule has 0 aromatic rings. The summed E-state index contributed by atoms with van der Waals surface area (Å²) >= 11 is 0. The van der Waals surface area contributed by atoms with Crippen LogP contribution in [0.2, 0.25) is 0 Å². The van der Waals surface area contributed by atoms with Gasteiger partial charge in [-0.1, -0.05) is 27.7 Å². The summed E-state index contributed by atoms with van der Waals surface area (Å²) in [5, 5.41) is 3.05. The minimum absolute atomic E-state index is 0.00256. The summed E-state index contributed by atoms with van der Waals surface area (Å²) in [5.74, 6) is 0.717. The van der Waals surface area contributed by atoms with E-state index >= 15 is 0 Å². The zero-order valence-electron chi connectivity index (χ0n) is 14.2. The van der Waals surface area contributed by atoms with E-state index in [0.717, 1.165) is 25.9 Å². The van der Waals surface area contributed by atoms with Crippen molar-refractivity contribution in [2.45, 2.75) is 47.5 Å². The van der Waals surface area contributed by atoms with Crippen LogP contribution in [0, 0.1) is 11.3 Å². The lowest BCUT2D eigenvalue weighted by Crippen LogP contribution is -2.45.